The Morgan fingerprint density at radius 2 is 1.78 bits per heavy atom. The molecule has 4 nitrogen and oxygen atoms in total. The molecular weight excluding hydrogens is 310 g/mol. The summed E-state index contributed by atoms with van der Waals surface area (Å²) < 4.78 is 5.84. The first-order valence-electron chi connectivity index (χ1n) is 7.18. The lowest BCUT2D eigenvalue weighted by molar-refractivity contribution is 0.294. The number of nitrogens with two attached hydrogens (primary N) is 1. The van der Waals surface area contributed by atoms with Gasteiger partial charge in [-0.1, -0.05) is 35.9 Å². The first kappa shape index (κ1) is 15.3. The summed E-state index contributed by atoms with van der Waals surface area (Å²) in [5, 5.41) is 0.683. The number of halogens is 1. The summed E-state index contributed by atoms with van der Waals surface area (Å²) in [4.78, 5) is 8.65. The van der Waals surface area contributed by atoms with Crippen LogP contribution in [-0.2, 0) is 6.61 Å². The van der Waals surface area contributed by atoms with Crippen LogP contribution in [0.4, 0.5) is 5.69 Å². The van der Waals surface area contributed by atoms with Gasteiger partial charge in [-0.2, -0.15) is 0 Å². The van der Waals surface area contributed by atoms with Crippen molar-refractivity contribution in [2.75, 3.05) is 5.73 Å². The molecule has 0 amide bonds. The normalized spacial score (nSPS) is 10.5. The minimum atomic E-state index is 0.333. The van der Waals surface area contributed by atoms with Crippen molar-refractivity contribution in [2.45, 2.75) is 13.5 Å². The van der Waals surface area contributed by atoms with Gasteiger partial charge in [0.1, 0.15) is 12.3 Å². The molecule has 0 unspecified atom stereocenters. The number of nitrogens with zero attached hydrogens (tertiary/aromatic N) is 2. The molecule has 3 rings (SSSR count). The molecule has 0 aliphatic carbocycles. The molecule has 0 saturated heterocycles. The van der Waals surface area contributed by atoms with Gasteiger partial charge in [0.25, 0.3) is 0 Å². The van der Waals surface area contributed by atoms with Gasteiger partial charge in [0.15, 0.2) is 0 Å². The molecule has 2 N–H and O–H groups in total. The summed E-state index contributed by atoms with van der Waals surface area (Å²) in [6.07, 6.45) is 3.24. The molecule has 1 heterocycles. The summed E-state index contributed by atoms with van der Waals surface area (Å²) in [6, 6.07) is 13.3. The Morgan fingerprint density at radius 1 is 1.04 bits per heavy atom. The average Bonchev–Trinajstić information content (AvgIpc) is 2.55. The number of aromatic nitrogens is 2. The number of hydrogen-bond acceptors (Lipinski definition) is 4. The molecule has 0 fully saturated rings. The van der Waals surface area contributed by atoms with Crippen molar-refractivity contribution >= 4 is 17.3 Å². The number of aryl methyl sites for hydroxylation is 1. The maximum atomic E-state index is 6.24. The van der Waals surface area contributed by atoms with E-state index in [4.69, 9.17) is 22.1 Å². The van der Waals surface area contributed by atoms with Gasteiger partial charge in [-0.25, -0.2) is 9.97 Å². The van der Waals surface area contributed by atoms with Crippen LogP contribution in [0.5, 0.6) is 5.88 Å². The van der Waals surface area contributed by atoms with E-state index in [9.17, 15) is 0 Å². The highest BCUT2D eigenvalue weighted by atomic mass is 35.5. The SMILES string of the molecule is Cc1ccc(COc2nccnc2-c2ccc(N)cc2)c(Cl)c1. The second-order valence-electron chi connectivity index (χ2n) is 5.22. The zero-order chi connectivity index (χ0) is 16.2. The van der Waals surface area contributed by atoms with E-state index in [2.05, 4.69) is 9.97 Å². The van der Waals surface area contributed by atoms with E-state index in [-0.39, 0.29) is 0 Å². The molecule has 0 aliphatic heterocycles. The highest BCUT2D eigenvalue weighted by Crippen LogP contribution is 2.27. The lowest BCUT2D eigenvalue weighted by atomic mass is 10.1. The fourth-order valence-corrected chi connectivity index (χ4v) is 2.48. The van der Waals surface area contributed by atoms with E-state index in [0.29, 0.717) is 28.9 Å². The van der Waals surface area contributed by atoms with E-state index < -0.39 is 0 Å². The van der Waals surface area contributed by atoms with Gasteiger partial charge in [-0.15, -0.1) is 0 Å². The third-order valence-corrected chi connectivity index (χ3v) is 3.77. The van der Waals surface area contributed by atoms with Gasteiger partial charge in [-0.3, -0.25) is 0 Å². The number of anilines is 1. The zero-order valence-electron chi connectivity index (χ0n) is 12.7. The Hall–Kier alpha value is -2.59. The minimum absolute atomic E-state index is 0.333. The van der Waals surface area contributed by atoms with Crippen molar-refractivity contribution in [1.29, 1.82) is 0 Å². The van der Waals surface area contributed by atoms with Crippen LogP contribution in [0.15, 0.2) is 54.9 Å². The zero-order valence-corrected chi connectivity index (χ0v) is 13.4. The van der Waals surface area contributed by atoms with Gasteiger partial charge in [0.05, 0.1) is 0 Å². The third kappa shape index (κ3) is 3.60. The third-order valence-electron chi connectivity index (χ3n) is 3.42. The van der Waals surface area contributed by atoms with E-state index >= 15 is 0 Å². The maximum absolute atomic E-state index is 6.24. The first-order chi connectivity index (χ1) is 11.1. The average molecular weight is 326 g/mol. The Bertz CT molecular complexity index is 819. The largest absolute Gasteiger partial charge is 0.471 e. The predicted octanol–water partition coefficient (Wildman–Crippen LogP) is 4.27. The maximum Gasteiger partial charge on any atom is 0.240 e. The van der Waals surface area contributed by atoms with Crippen molar-refractivity contribution in [1.82, 2.24) is 9.97 Å². The molecule has 0 aliphatic rings. The van der Waals surface area contributed by atoms with Crippen molar-refractivity contribution < 1.29 is 4.74 Å². The summed E-state index contributed by atoms with van der Waals surface area (Å²) in [5.41, 5.74) is 10.0. The number of rotatable bonds is 4. The molecule has 0 spiro atoms. The fraction of sp³-hybridized carbons (Fsp3) is 0.111. The molecule has 0 bridgehead atoms. The molecule has 23 heavy (non-hydrogen) atoms. The second kappa shape index (κ2) is 6.67. The predicted molar refractivity (Wildman–Crippen MR) is 92.4 cm³/mol. The van der Waals surface area contributed by atoms with Gasteiger partial charge in [0, 0.05) is 34.2 Å². The molecule has 1 aromatic heterocycles. The molecule has 2 aromatic carbocycles. The number of nitrogen functional groups attached to an aromatic ring is 1. The Balaban J connectivity index is 1.84. The lowest BCUT2D eigenvalue weighted by Crippen LogP contribution is -2.01. The van der Waals surface area contributed by atoms with Gasteiger partial charge < -0.3 is 10.5 Å². The van der Waals surface area contributed by atoms with Crippen LogP contribution in [0.1, 0.15) is 11.1 Å². The van der Waals surface area contributed by atoms with E-state index in [1.54, 1.807) is 12.4 Å². The molecule has 0 radical (unpaired) electrons. The van der Waals surface area contributed by atoms with E-state index in [1.807, 2.05) is 49.4 Å². The van der Waals surface area contributed by atoms with Crippen molar-refractivity contribution in [3.63, 3.8) is 0 Å². The summed E-state index contributed by atoms with van der Waals surface area (Å²) in [5.74, 6) is 0.467. The van der Waals surface area contributed by atoms with Crippen LogP contribution < -0.4 is 10.5 Å². The standard InChI is InChI=1S/C18H16ClN3O/c1-12-2-3-14(16(19)10-12)11-23-18-17(21-8-9-22-18)13-4-6-15(20)7-5-13/h2-10H,11,20H2,1H3. The highest BCUT2D eigenvalue weighted by Gasteiger charge is 2.10. The summed E-state index contributed by atoms with van der Waals surface area (Å²) >= 11 is 6.24. The smallest absolute Gasteiger partial charge is 0.240 e. The Labute approximate surface area is 139 Å². The van der Waals surface area contributed by atoms with Crippen LogP contribution in [0.2, 0.25) is 5.02 Å². The van der Waals surface area contributed by atoms with Gasteiger partial charge in [-0.05, 0) is 30.7 Å². The van der Waals surface area contributed by atoms with Crippen molar-refractivity contribution in [2.24, 2.45) is 0 Å². The fourth-order valence-electron chi connectivity index (χ4n) is 2.19. The van der Waals surface area contributed by atoms with Crippen molar-refractivity contribution in [3.8, 4) is 17.1 Å². The number of ether oxygens (including phenoxy) is 1. The van der Waals surface area contributed by atoms with Crippen LogP contribution >= 0.6 is 11.6 Å². The van der Waals surface area contributed by atoms with Gasteiger partial charge >= 0.3 is 0 Å². The second-order valence-corrected chi connectivity index (χ2v) is 5.62. The quantitative estimate of drug-likeness (QED) is 0.728. The Kier molecular flexibility index (Phi) is 4.44. The molecule has 5 heteroatoms. The molecule has 3 aromatic rings. The van der Waals surface area contributed by atoms with E-state index in [1.165, 1.54) is 0 Å². The molecule has 116 valence electrons. The molecular formula is C18H16ClN3O. The Morgan fingerprint density at radius 3 is 2.52 bits per heavy atom. The monoisotopic (exact) mass is 325 g/mol. The van der Waals surface area contributed by atoms with E-state index in [0.717, 1.165) is 16.7 Å². The topological polar surface area (TPSA) is 61.0 Å². The first-order valence-corrected chi connectivity index (χ1v) is 7.56. The number of benzene rings is 2. The summed E-state index contributed by atoms with van der Waals surface area (Å²) in [7, 11) is 0. The molecule has 0 saturated carbocycles. The highest BCUT2D eigenvalue weighted by molar-refractivity contribution is 6.31. The summed E-state index contributed by atoms with van der Waals surface area (Å²) in [6.45, 7) is 2.33. The minimum Gasteiger partial charge on any atom is -0.471 e. The number of hydrogen-bond donors (Lipinski definition) is 1. The van der Waals surface area contributed by atoms with Crippen LogP contribution in [0.3, 0.4) is 0 Å². The van der Waals surface area contributed by atoms with Crippen LogP contribution in [-0.4, -0.2) is 9.97 Å². The molecule has 0 atom stereocenters. The van der Waals surface area contributed by atoms with Crippen LogP contribution in [0.25, 0.3) is 11.3 Å². The van der Waals surface area contributed by atoms with Crippen LogP contribution in [0, 0.1) is 6.92 Å². The lowest BCUT2D eigenvalue weighted by Gasteiger charge is -2.11. The van der Waals surface area contributed by atoms with Gasteiger partial charge in [0.2, 0.25) is 5.88 Å². The van der Waals surface area contributed by atoms with Crippen molar-refractivity contribution in [3.05, 3.63) is 71.0 Å².